The van der Waals surface area contributed by atoms with Crippen LogP contribution >= 0.6 is 0 Å². The first-order valence-electron chi connectivity index (χ1n) is 10.2. The van der Waals surface area contributed by atoms with E-state index in [-0.39, 0.29) is 22.5 Å². The van der Waals surface area contributed by atoms with Crippen molar-refractivity contribution in [2.75, 3.05) is 0 Å². The van der Waals surface area contributed by atoms with Gasteiger partial charge >= 0.3 is 0 Å². The number of phenolic OH excluding ortho intramolecular Hbond substituents is 2. The van der Waals surface area contributed by atoms with Crippen LogP contribution in [0.3, 0.4) is 0 Å². The lowest BCUT2D eigenvalue weighted by atomic mass is 9.78. The summed E-state index contributed by atoms with van der Waals surface area (Å²) in [5, 5.41) is 23.4. The fourth-order valence-corrected chi connectivity index (χ4v) is 3.36. The van der Waals surface area contributed by atoms with Gasteiger partial charge in [-0.05, 0) is 58.1 Å². The molecule has 4 nitrogen and oxygen atoms in total. The Labute approximate surface area is 175 Å². The van der Waals surface area contributed by atoms with E-state index in [0.717, 1.165) is 27.8 Å². The molecule has 0 saturated heterocycles. The standard InChI is InChI=1S/C25H35NO3/c1-16-12-18(8-10-21(16)27)15-26-22(28)11-9-17-13-19(24(2,3)4)23(29)20(14-17)25(5,6)7/h8,10,12-14,27,29H,9,11,15H2,1-7H3,(H,26,28). The zero-order chi connectivity index (χ0) is 22.0. The van der Waals surface area contributed by atoms with Crippen molar-refractivity contribution in [1.82, 2.24) is 5.32 Å². The van der Waals surface area contributed by atoms with Gasteiger partial charge in [0.05, 0.1) is 0 Å². The van der Waals surface area contributed by atoms with Crippen molar-refractivity contribution in [3.05, 3.63) is 58.1 Å². The molecule has 0 aliphatic rings. The zero-order valence-electron chi connectivity index (χ0n) is 18.8. The summed E-state index contributed by atoms with van der Waals surface area (Å²) >= 11 is 0. The lowest BCUT2D eigenvalue weighted by molar-refractivity contribution is -0.121. The third-order valence-corrected chi connectivity index (χ3v) is 5.18. The third kappa shape index (κ3) is 5.99. The number of carbonyl (C=O) groups is 1. The van der Waals surface area contributed by atoms with Crippen LogP contribution < -0.4 is 5.32 Å². The topological polar surface area (TPSA) is 69.6 Å². The molecular formula is C25H35NO3. The van der Waals surface area contributed by atoms with E-state index < -0.39 is 0 Å². The van der Waals surface area contributed by atoms with Gasteiger partial charge in [-0.15, -0.1) is 0 Å². The first-order valence-corrected chi connectivity index (χ1v) is 10.2. The zero-order valence-corrected chi connectivity index (χ0v) is 18.8. The Morgan fingerprint density at radius 1 is 0.897 bits per heavy atom. The maximum atomic E-state index is 12.4. The summed E-state index contributed by atoms with van der Waals surface area (Å²) in [7, 11) is 0. The lowest BCUT2D eigenvalue weighted by Gasteiger charge is -2.28. The van der Waals surface area contributed by atoms with Crippen LogP contribution in [0.15, 0.2) is 30.3 Å². The Morgan fingerprint density at radius 3 is 1.93 bits per heavy atom. The number of nitrogens with one attached hydrogen (secondary N) is 1. The molecule has 0 aliphatic carbocycles. The van der Waals surface area contributed by atoms with Gasteiger partial charge in [-0.1, -0.05) is 65.8 Å². The van der Waals surface area contributed by atoms with Crippen LogP contribution in [0.5, 0.6) is 11.5 Å². The molecule has 0 fully saturated rings. The Hall–Kier alpha value is -2.49. The Balaban J connectivity index is 2.10. The van der Waals surface area contributed by atoms with Crippen molar-refractivity contribution in [3.63, 3.8) is 0 Å². The molecule has 0 bridgehead atoms. The minimum Gasteiger partial charge on any atom is -0.508 e. The van der Waals surface area contributed by atoms with Gasteiger partial charge in [0.15, 0.2) is 0 Å². The predicted octanol–water partition coefficient (Wildman–Crippen LogP) is 5.25. The fraction of sp³-hybridized carbons (Fsp3) is 0.480. The van der Waals surface area contributed by atoms with Crippen LogP contribution in [0, 0.1) is 6.92 Å². The number of rotatable bonds is 5. The van der Waals surface area contributed by atoms with Crippen LogP contribution in [0.4, 0.5) is 0 Å². The van der Waals surface area contributed by atoms with Crippen molar-refractivity contribution in [2.24, 2.45) is 0 Å². The van der Waals surface area contributed by atoms with Gasteiger partial charge in [0.2, 0.25) is 5.91 Å². The van der Waals surface area contributed by atoms with Crippen molar-refractivity contribution >= 4 is 5.91 Å². The summed E-state index contributed by atoms with van der Waals surface area (Å²) in [4.78, 5) is 12.4. The van der Waals surface area contributed by atoms with Crippen molar-refractivity contribution in [2.45, 2.75) is 78.7 Å². The Kier molecular flexibility index (Phi) is 6.67. The van der Waals surface area contributed by atoms with Crippen molar-refractivity contribution < 1.29 is 15.0 Å². The lowest BCUT2D eigenvalue weighted by Crippen LogP contribution is -2.23. The maximum Gasteiger partial charge on any atom is 0.220 e. The van der Waals surface area contributed by atoms with Gasteiger partial charge in [-0.2, -0.15) is 0 Å². The summed E-state index contributed by atoms with van der Waals surface area (Å²) in [6.45, 7) is 14.8. The number of aromatic hydroxyl groups is 2. The van der Waals surface area contributed by atoms with Gasteiger partial charge in [-0.3, -0.25) is 4.79 Å². The highest BCUT2D eigenvalue weighted by Crippen LogP contribution is 2.39. The molecule has 2 rings (SSSR count). The summed E-state index contributed by atoms with van der Waals surface area (Å²) in [5.74, 6) is 0.607. The number of carbonyl (C=O) groups excluding carboxylic acids is 1. The van der Waals surface area contributed by atoms with Gasteiger partial charge in [-0.25, -0.2) is 0 Å². The molecule has 29 heavy (non-hydrogen) atoms. The largest absolute Gasteiger partial charge is 0.508 e. The predicted molar refractivity (Wildman–Crippen MR) is 119 cm³/mol. The molecule has 2 aromatic rings. The molecule has 0 saturated carbocycles. The smallest absolute Gasteiger partial charge is 0.220 e. The number of phenols is 2. The van der Waals surface area contributed by atoms with Crippen molar-refractivity contribution in [3.8, 4) is 11.5 Å². The number of hydrogen-bond acceptors (Lipinski definition) is 3. The number of aryl methyl sites for hydroxylation is 2. The molecule has 0 atom stereocenters. The van der Waals surface area contributed by atoms with Crippen LogP contribution in [0.1, 0.15) is 75.8 Å². The van der Waals surface area contributed by atoms with Crippen LogP contribution in [0.2, 0.25) is 0 Å². The molecule has 0 heterocycles. The van der Waals surface area contributed by atoms with E-state index >= 15 is 0 Å². The molecule has 4 heteroatoms. The van der Waals surface area contributed by atoms with E-state index in [4.69, 9.17) is 0 Å². The Morgan fingerprint density at radius 2 is 1.45 bits per heavy atom. The van der Waals surface area contributed by atoms with E-state index in [9.17, 15) is 15.0 Å². The highest BCUT2D eigenvalue weighted by molar-refractivity contribution is 5.76. The van der Waals surface area contributed by atoms with E-state index in [0.29, 0.717) is 25.1 Å². The second kappa shape index (κ2) is 8.48. The SMILES string of the molecule is Cc1cc(CNC(=O)CCc2cc(C(C)(C)C)c(O)c(C(C)(C)C)c2)ccc1O. The minimum atomic E-state index is -0.181. The average molecular weight is 398 g/mol. The van der Waals surface area contributed by atoms with Crippen LogP contribution in [-0.4, -0.2) is 16.1 Å². The normalized spacial score (nSPS) is 12.1. The molecule has 1 amide bonds. The minimum absolute atomic E-state index is 0.0154. The summed E-state index contributed by atoms with van der Waals surface area (Å²) in [6, 6.07) is 9.40. The highest BCUT2D eigenvalue weighted by Gasteiger charge is 2.26. The van der Waals surface area contributed by atoms with Gasteiger partial charge in [0, 0.05) is 13.0 Å². The van der Waals surface area contributed by atoms with Crippen LogP contribution in [0.25, 0.3) is 0 Å². The number of benzene rings is 2. The average Bonchev–Trinajstić information content (AvgIpc) is 2.59. The first kappa shape index (κ1) is 22.8. The highest BCUT2D eigenvalue weighted by atomic mass is 16.3. The summed E-state index contributed by atoms with van der Waals surface area (Å²) in [5.41, 5.74) is 4.29. The van der Waals surface area contributed by atoms with E-state index in [2.05, 4.69) is 46.9 Å². The Bertz CT molecular complexity index is 851. The molecule has 0 spiro atoms. The molecule has 0 aromatic heterocycles. The molecule has 2 aromatic carbocycles. The second-order valence-corrected chi connectivity index (χ2v) is 9.94. The van der Waals surface area contributed by atoms with Crippen LogP contribution in [-0.2, 0) is 28.6 Å². The molecule has 0 radical (unpaired) electrons. The molecule has 0 aliphatic heterocycles. The number of hydrogen-bond donors (Lipinski definition) is 3. The van der Waals surface area contributed by atoms with Gasteiger partial charge in [0.25, 0.3) is 0 Å². The van der Waals surface area contributed by atoms with E-state index in [1.807, 2.05) is 31.2 Å². The fourth-order valence-electron chi connectivity index (χ4n) is 3.36. The number of amides is 1. The third-order valence-electron chi connectivity index (χ3n) is 5.18. The molecule has 3 N–H and O–H groups in total. The molecular weight excluding hydrogens is 362 g/mol. The van der Waals surface area contributed by atoms with Gasteiger partial charge < -0.3 is 15.5 Å². The second-order valence-electron chi connectivity index (χ2n) is 9.94. The molecule has 158 valence electrons. The van der Waals surface area contributed by atoms with Gasteiger partial charge in [0.1, 0.15) is 11.5 Å². The molecule has 0 unspecified atom stereocenters. The van der Waals surface area contributed by atoms with Crippen molar-refractivity contribution in [1.29, 1.82) is 0 Å². The maximum absolute atomic E-state index is 12.4. The summed E-state index contributed by atoms with van der Waals surface area (Å²) in [6.07, 6.45) is 1.00. The monoisotopic (exact) mass is 397 g/mol. The summed E-state index contributed by atoms with van der Waals surface area (Å²) < 4.78 is 0. The van der Waals surface area contributed by atoms with E-state index in [1.165, 1.54) is 0 Å². The first-order chi connectivity index (χ1) is 13.3. The van der Waals surface area contributed by atoms with E-state index in [1.54, 1.807) is 6.07 Å². The quantitative estimate of drug-likeness (QED) is 0.645.